The fourth-order valence-electron chi connectivity index (χ4n) is 0.787. The van der Waals surface area contributed by atoms with Gasteiger partial charge in [-0.15, -0.1) is 6.42 Å². The molecule has 0 unspecified atom stereocenters. The summed E-state index contributed by atoms with van der Waals surface area (Å²) in [6, 6.07) is 6.96. The Hall–Kier alpha value is -0.970. The molecule has 0 heterocycles. The van der Waals surface area contributed by atoms with Gasteiger partial charge in [-0.1, -0.05) is 35.7 Å². The minimum atomic E-state index is -0.899. The van der Waals surface area contributed by atoms with Crippen LogP contribution in [0.2, 0.25) is 5.02 Å². The lowest BCUT2D eigenvalue weighted by molar-refractivity contribution is 0.238. The van der Waals surface area contributed by atoms with Crippen molar-refractivity contribution in [3.8, 4) is 12.3 Å². The summed E-state index contributed by atoms with van der Waals surface area (Å²) >= 11 is 5.74. The highest BCUT2D eigenvalue weighted by atomic mass is 35.5. The van der Waals surface area contributed by atoms with Crippen LogP contribution in [0.4, 0.5) is 0 Å². The molecule has 0 saturated heterocycles. The number of hydrogen-bond donors (Lipinski definition) is 1. The van der Waals surface area contributed by atoms with Crippen molar-refractivity contribution in [2.24, 2.45) is 0 Å². The van der Waals surface area contributed by atoms with Crippen LogP contribution in [-0.2, 0) is 0 Å². The predicted molar refractivity (Wildman–Crippen MR) is 45.2 cm³/mol. The molecule has 11 heavy (non-hydrogen) atoms. The van der Waals surface area contributed by atoms with E-state index in [0.29, 0.717) is 10.6 Å². The Morgan fingerprint density at radius 1 is 1.45 bits per heavy atom. The topological polar surface area (TPSA) is 20.2 Å². The predicted octanol–water partition coefficient (Wildman–Crippen LogP) is 2.01. The molecule has 1 nitrogen and oxygen atoms in total. The third kappa shape index (κ3) is 1.74. The smallest absolute Gasteiger partial charge is 0.141 e. The second kappa shape index (κ2) is 3.43. The highest BCUT2D eigenvalue weighted by molar-refractivity contribution is 6.31. The molecule has 0 saturated carbocycles. The molecule has 1 aromatic carbocycles. The summed E-state index contributed by atoms with van der Waals surface area (Å²) in [5.41, 5.74) is 0.580. The van der Waals surface area contributed by atoms with Gasteiger partial charge >= 0.3 is 0 Å². The zero-order valence-electron chi connectivity index (χ0n) is 5.79. The quantitative estimate of drug-likeness (QED) is 0.633. The number of benzene rings is 1. The standard InChI is InChI=1S/C9H7ClO/c1-2-9(11)7-5-3-4-6-8(7)10/h1,3-6,9,11H/t9-/m0/s1. The summed E-state index contributed by atoms with van der Waals surface area (Å²) in [6.07, 6.45) is 4.11. The van der Waals surface area contributed by atoms with E-state index in [0.717, 1.165) is 0 Å². The highest BCUT2D eigenvalue weighted by Gasteiger charge is 2.05. The van der Waals surface area contributed by atoms with Crippen LogP contribution >= 0.6 is 11.6 Å². The molecule has 1 atom stereocenters. The molecule has 1 N–H and O–H groups in total. The van der Waals surface area contributed by atoms with Crippen molar-refractivity contribution < 1.29 is 5.11 Å². The van der Waals surface area contributed by atoms with Crippen LogP contribution in [0, 0.1) is 12.3 Å². The van der Waals surface area contributed by atoms with E-state index in [2.05, 4.69) is 5.92 Å². The molecule has 2 heteroatoms. The number of hydrogen-bond acceptors (Lipinski definition) is 1. The molecule has 0 aliphatic rings. The van der Waals surface area contributed by atoms with Gasteiger partial charge in [0.2, 0.25) is 0 Å². The van der Waals surface area contributed by atoms with E-state index in [4.69, 9.17) is 18.0 Å². The van der Waals surface area contributed by atoms with Gasteiger partial charge in [-0.25, -0.2) is 0 Å². The Kier molecular flexibility index (Phi) is 2.53. The van der Waals surface area contributed by atoms with Crippen molar-refractivity contribution in [2.45, 2.75) is 6.10 Å². The summed E-state index contributed by atoms with van der Waals surface area (Å²) in [5.74, 6) is 2.19. The van der Waals surface area contributed by atoms with Crippen LogP contribution in [-0.4, -0.2) is 5.11 Å². The number of rotatable bonds is 1. The van der Waals surface area contributed by atoms with E-state index in [9.17, 15) is 5.11 Å². The van der Waals surface area contributed by atoms with E-state index in [-0.39, 0.29) is 0 Å². The maximum atomic E-state index is 9.19. The first kappa shape index (κ1) is 8.13. The molecule has 1 rings (SSSR count). The first-order valence-corrected chi connectivity index (χ1v) is 3.52. The van der Waals surface area contributed by atoms with Crippen LogP contribution in [0.1, 0.15) is 11.7 Å². The molecular formula is C9H7ClO. The molecule has 0 aromatic heterocycles. The average molecular weight is 167 g/mol. The molecule has 0 spiro atoms. The second-order valence-electron chi connectivity index (χ2n) is 2.09. The van der Waals surface area contributed by atoms with Gasteiger partial charge in [0, 0.05) is 10.6 Å². The molecular weight excluding hydrogens is 160 g/mol. The summed E-state index contributed by atoms with van der Waals surface area (Å²) in [6.45, 7) is 0. The van der Waals surface area contributed by atoms with E-state index in [1.807, 2.05) is 0 Å². The lowest BCUT2D eigenvalue weighted by Gasteiger charge is -2.04. The van der Waals surface area contributed by atoms with Crippen molar-refractivity contribution >= 4 is 11.6 Å². The van der Waals surface area contributed by atoms with Gasteiger partial charge in [0.25, 0.3) is 0 Å². The average Bonchev–Trinajstić information content (AvgIpc) is 2.04. The van der Waals surface area contributed by atoms with Gasteiger partial charge in [-0.05, 0) is 6.07 Å². The van der Waals surface area contributed by atoms with Crippen LogP contribution in [0.25, 0.3) is 0 Å². The number of aliphatic hydroxyl groups excluding tert-OH is 1. The van der Waals surface area contributed by atoms with Gasteiger partial charge < -0.3 is 5.11 Å². The molecule has 1 aromatic rings. The number of terminal acetylenes is 1. The minimum Gasteiger partial charge on any atom is -0.376 e. The fourth-order valence-corrected chi connectivity index (χ4v) is 1.03. The van der Waals surface area contributed by atoms with Crippen LogP contribution < -0.4 is 0 Å². The number of halogens is 1. The van der Waals surface area contributed by atoms with E-state index < -0.39 is 6.10 Å². The normalized spacial score (nSPS) is 12.1. The van der Waals surface area contributed by atoms with Gasteiger partial charge in [-0.3, -0.25) is 0 Å². The van der Waals surface area contributed by atoms with Crippen LogP contribution in [0.15, 0.2) is 24.3 Å². The first-order chi connectivity index (χ1) is 5.25. The number of aliphatic hydroxyl groups is 1. The van der Waals surface area contributed by atoms with Crippen molar-refractivity contribution in [2.75, 3.05) is 0 Å². The molecule has 0 fully saturated rings. The van der Waals surface area contributed by atoms with Gasteiger partial charge in [0.1, 0.15) is 6.10 Å². The Morgan fingerprint density at radius 3 is 2.64 bits per heavy atom. The molecule has 56 valence electrons. The summed E-state index contributed by atoms with van der Waals surface area (Å²) in [4.78, 5) is 0. The monoisotopic (exact) mass is 166 g/mol. The summed E-state index contributed by atoms with van der Waals surface area (Å²) in [5, 5.41) is 9.69. The Balaban J connectivity index is 3.05. The SMILES string of the molecule is C#C[C@H](O)c1ccccc1Cl. The maximum Gasteiger partial charge on any atom is 0.141 e. The Bertz CT molecular complexity index is 288. The van der Waals surface area contributed by atoms with Crippen molar-refractivity contribution in [3.63, 3.8) is 0 Å². The molecule has 0 amide bonds. The van der Waals surface area contributed by atoms with Crippen molar-refractivity contribution in [1.82, 2.24) is 0 Å². The maximum absolute atomic E-state index is 9.19. The first-order valence-electron chi connectivity index (χ1n) is 3.14. The summed E-state index contributed by atoms with van der Waals surface area (Å²) in [7, 11) is 0. The van der Waals surface area contributed by atoms with Crippen molar-refractivity contribution in [3.05, 3.63) is 34.9 Å². The van der Waals surface area contributed by atoms with Gasteiger partial charge in [-0.2, -0.15) is 0 Å². The Morgan fingerprint density at radius 2 is 2.09 bits per heavy atom. The van der Waals surface area contributed by atoms with E-state index in [1.54, 1.807) is 24.3 Å². The van der Waals surface area contributed by atoms with Crippen LogP contribution in [0.3, 0.4) is 0 Å². The van der Waals surface area contributed by atoms with Gasteiger partial charge in [0.15, 0.2) is 0 Å². The lowest BCUT2D eigenvalue weighted by Crippen LogP contribution is -1.93. The molecule has 0 bridgehead atoms. The van der Waals surface area contributed by atoms with E-state index in [1.165, 1.54) is 0 Å². The molecule has 0 radical (unpaired) electrons. The van der Waals surface area contributed by atoms with Gasteiger partial charge in [0.05, 0.1) is 0 Å². The molecule has 0 aliphatic carbocycles. The fraction of sp³-hybridized carbons (Fsp3) is 0.111. The highest BCUT2D eigenvalue weighted by Crippen LogP contribution is 2.21. The zero-order chi connectivity index (χ0) is 8.27. The minimum absolute atomic E-state index is 0.498. The summed E-state index contributed by atoms with van der Waals surface area (Å²) < 4.78 is 0. The largest absolute Gasteiger partial charge is 0.376 e. The third-order valence-corrected chi connectivity index (χ3v) is 1.70. The lowest BCUT2D eigenvalue weighted by atomic mass is 10.1. The Labute approximate surface area is 70.6 Å². The second-order valence-corrected chi connectivity index (χ2v) is 2.50. The zero-order valence-corrected chi connectivity index (χ0v) is 6.55. The molecule has 0 aliphatic heterocycles. The van der Waals surface area contributed by atoms with Crippen LogP contribution in [0.5, 0.6) is 0 Å². The van der Waals surface area contributed by atoms with Crippen molar-refractivity contribution in [1.29, 1.82) is 0 Å². The van der Waals surface area contributed by atoms with E-state index >= 15 is 0 Å². The third-order valence-electron chi connectivity index (χ3n) is 1.36.